The first-order valence-corrected chi connectivity index (χ1v) is 13.5. The molecule has 0 aliphatic heterocycles. The third kappa shape index (κ3) is 8.94. The summed E-state index contributed by atoms with van der Waals surface area (Å²) in [6.45, 7) is 21.4. The Morgan fingerprint density at radius 1 is 0.970 bits per heavy atom. The number of nitrogens with zero attached hydrogens (tertiary/aromatic N) is 1. The minimum atomic E-state index is -3.50. The molecule has 1 aromatic rings. The monoisotopic (exact) mass is 550 g/mol. The lowest BCUT2D eigenvalue weighted by atomic mass is 9.78. The Morgan fingerprint density at radius 2 is 1.39 bits per heavy atom. The van der Waals surface area contributed by atoms with Gasteiger partial charge in [0.1, 0.15) is 11.5 Å². The Morgan fingerprint density at radius 3 is 1.73 bits per heavy atom. The number of likely N-dealkylation sites (N-methyl/N-ethyl adjacent to an activating group) is 1. The van der Waals surface area contributed by atoms with E-state index in [0.29, 0.717) is 25.5 Å². The van der Waals surface area contributed by atoms with Crippen LogP contribution in [0.1, 0.15) is 84.8 Å². The highest BCUT2D eigenvalue weighted by Gasteiger charge is 2.39. The maximum atomic E-state index is 14.0. The number of quaternary nitrogens is 1. The fourth-order valence-electron chi connectivity index (χ4n) is 3.58. The maximum absolute atomic E-state index is 14.0. The van der Waals surface area contributed by atoms with E-state index in [1.54, 1.807) is 0 Å². The van der Waals surface area contributed by atoms with Gasteiger partial charge in [-0.25, -0.2) is 0 Å². The van der Waals surface area contributed by atoms with E-state index in [9.17, 15) is 9.67 Å². The van der Waals surface area contributed by atoms with Crippen molar-refractivity contribution >= 4 is 7.60 Å². The van der Waals surface area contributed by atoms with E-state index in [1.165, 1.54) is 0 Å². The molecule has 0 spiro atoms. The van der Waals surface area contributed by atoms with E-state index in [2.05, 4.69) is 67.9 Å². The average Bonchev–Trinajstić information content (AvgIpc) is 2.64. The van der Waals surface area contributed by atoms with Crippen molar-refractivity contribution in [2.24, 2.45) is 0 Å². The van der Waals surface area contributed by atoms with Gasteiger partial charge in [-0.15, -0.1) is 0 Å². The molecule has 0 amide bonds. The second kappa shape index (κ2) is 12.5. The second-order valence-corrected chi connectivity index (χ2v) is 13.3. The van der Waals surface area contributed by atoms with E-state index in [0.717, 1.165) is 34.3 Å². The number of halogens is 1. The van der Waals surface area contributed by atoms with Gasteiger partial charge >= 0.3 is 7.60 Å². The van der Waals surface area contributed by atoms with E-state index >= 15 is 0 Å². The molecule has 0 heterocycles. The summed E-state index contributed by atoms with van der Waals surface area (Å²) in [6, 6.07) is 3.93. The first-order chi connectivity index (χ1) is 14.5. The summed E-state index contributed by atoms with van der Waals surface area (Å²) < 4.78 is 26.4. The zero-order valence-electron chi connectivity index (χ0n) is 22.7. The lowest BCUT2D eigenvalue weighted by Crippen LogP contribution is -3.00. The molecular weight excluding hydrogens is 503 g/mol. The zero-order valence-corrected chi connectivity index (χ0v) is 25.2. The number of nitrogens with one attached hydrogen (secondary N) is 1. The summed E-state index contributed by atoms with van der Waals surface area (Å²) in [5, 5.41) is 14.6. The smallest absolute Gasteiger partial charge is 0.351 e. The van der Waals surface area contributed by atoms with Crippen LogP contribution in [-0.4, -0.2) is 56.5 Å². The number of aromatic hydroxyl groups is 1. The first-order valence-electron chi connectivity index (χ1n) is 11.8. The van der Waals surface area contributed by atoms with Gasteiger partial charge in [0.2, 0.25) is 0 Å². The summed E-state index contributed by atoms with van der Waals surface area (Å²) >= 11 is 0. The van der Waals surface area contributed by atoms with Crippen LogP contribution >= 0.6 is 7.60 Å². The van der Waals surface area contributed by atoms with Crippen molar-refractivity contribution in [3.05, 3.63) is 28.8 Å². The summed E-state index contributed by atoms with van der Waals surface area (Å²) in [6.07, 6.45) is 0. The number of hydrogen-bond donors (Lipinski definition) is 2. The third-order valence-corrected chi connectivity index (χ3v) is 8.26. The Bertz CT molecular complexity index is 756. The quantitative estimate of drug-likeness (QED) is 0.327. The maximum Gasteiger partial charge on any atom is 0.351 e. The predicted molar refractivity (Wildman–Crippen MR) is 135 cm³/mol. The van der Waals surface area contributed by atoms with Crippen molar-refractivity contribution in [1.82, 2.24) is 5.32 Å². The Labute approximate surface area is 213 Å². The van der Waals surface area contributed by atoms with Crippen molar-refractivity contribution in [3.8, 4) is 5.75 Å². The lowest BCUT2D eigenvalue weighted by molar-refractivity contribution is -0.887. The molecule has 1 atom stereocenters. The van der Waals surface area contributed by atoms with E-state index in [-0.39, 0.29) is 27.8 Å². The van der Waals surface area contributed by atoms with Gasteiger partial charge in [-0.2, -0.15) is 0 Å². The van der Waals surface area contributed by atoms with Crippen molar-refractivity contribution in [1.29, 1.82) is 0 Å². The van der Waals surface area contributed by atoms with Crippen LogP contribution in [0.2, 0.25) is 0 Å². The molecule has 0 fully saturated rings. The van der Waals surface area contributed by atoms with Gasteiger partial charge in [-0.3, -0.25) is 9.88 Å². The van der Waals surface area contributed by atoms with Gasteiger partial charge in [0.05, 0.1) is 40.4 Å². The molecule has 0 aliphatic carbocycles. The largest absolute Gasteiger partial charge is 1.00 e. The van der Waals surface area contributed by atoms with Crippen LogP contribution in [0.25, 0.3) is 0 Å². The van der Waals surface area contributed by atoms with Crippen molar-refractivity contribution < 1.29 is 40.2 Å². The highest BCUT2D eigenvalue weighted by Crippen LogP contribution is 2.60. The molecule has 6 nitrogen and oxygen atoms in total. The number of benzene rings is 1. The number of rotatable bonds is 11. The summed E-state index contributed by atoms with van der Waals surface area (Å²) in [4.78, 5) is 0. The lowest BCUT2D eigenvalue weighted by Gasteiger charge is -2.33. The highest BCUT2D eigenvalue weighted by atomic mass is 79.9. The standard InChI is InChI=1S/C25H47N2O4P.BrH/c1-12-27(10,11)16-15-26-23(32(29,30-13-2)31-14-3)19-17-20(24(4,5)6)22(28)21(18-19)25(7,8)9;/h17-18,23,26H,12-16H2,1-11H3;1H. The van der Waals surface area contributed by atoms with Gasteiger partial charge < -0.3 is 35.6 Å². The molecule has 1 unspecified atom stereocenters. The normalized spacial score (nSPS) is 14.2. The summed E-state index contributed by atoms with van der Waals surface area (Å²) in [5.41, 5.74) is 1.91. The topological polar surface area (TPSA) is 67.8 Å². The SMILES string of the molecule is CCOP(=O)(OCC)C(NCC[N+](C)(C)CC)c1cc(C(C)(C)C)c(O)c(C(C)(C)C)c1.[Br-]. The van der Waals surface area contributed by atoms with Crippen LogP contribution in [0, 0.1) is 0 Å². The van der Waals surface area contributed by atoms with Gasteiger partial charge in [-0.1, -0.05) is 41.5 Å². The van der Waals surface area contributed by atoms with E-state index in [1.807, 2.05) is 26.0 Å². The molecule has 1 aromatic carbocycles. The van der Waals surface area contributed by atoms with Crippen LogP contribution in [0.3, 0.4) is 0 Å². The molecule has 1 rings (SSSR count). The molecule has 0 aliphatic rings. The van der Waals surface area contributed by atoms with Crippen LogP contribution < -0.4 is 22.3 Å². The molecule has 8 heteroatoms. The highest BCUT2D eigenvalue weighted by molar-refractivity contribution is 7.54. The molecule has 0 saturated carbocycles. The summed E-state index contributed by atoms with van der Waals surface area (Å²) in [7, 11) is 0.855. The molecule has 194 valence electrons. The summed E-state index contributed by atoms with van der Waals surface area (Å²) in [5.74, 6) is -0.319. The van der Waals surface area contributed by atoms with Crippen molar-refractivity contribution in [3.63, 3.8) is 0 Å². The van der Waals surface area contributed by atoms with Crippen molar-refractivity contribution in [2.75, 3.05) is 46.9 Å². The van der Waals surface area contributed by atoms with Gasteiger partial charge in [-0.05, 0) is 60.4 Å². The molecule has 0 aromatic heterocycles. The molecular formula is C25H48BrN2O4P. The van der Waals surface area contributed by atoms with Crippen LogP contribution in [0.4, 0.5) is 0 Å². The molecule has 0 bridgehead atoms. The minimum absolute atomic E-state index is 0. The Balaban J connectivity index is 0.0000102. The third-order valence-electron chi connectivity index (χ3n) is 5.91. The average molecular weight is 552 g/mol. The van der Waals surface area contributed by atoms with Gasteiger partial charge in [0.25, 0.3) is 0 Å². The fraction of sp³-hybridized carbons (Fsp3) is 0.760. The molecule has 2 N–H and O–H groups in total. The zero-order chi connectivity index (χ0) is 25.0. The van der Waals surface area contributed by atoms with Crippen LogP contribution in [-0.2, 0) is 24.4 Å². The molecule has 0 saturated heterocycles. The fourth-order valence-corrected chi connectivity index (χ4v) is 5.54. The van der Waals surface area contributed by atoms with Crippen molar-refractivity contribution in [2.45, 2.75) is 78.9 Å². The first kappa shape index (κ1) is 32.6. The van der Waals surface area contributed by atoms with Gasteiger partial charge in [0.15, 0.2) is 0 Å². The second-order valence-electron chi connectivity index (χ2n) is 11.2. The van der Waals surface area contributed by atoms with Crippen LogP contribution in [0.15, 0.2) is 12.1 Å². The Kier molecular flexibility index (Phi) is 12.3. The predicted octanol–water partition coefficient (Wildman–Crippen LogP) is 2.94. The number of hydrogen-bond acceptors (Lipinski definition) is 5. The van der Waals surface area contributed by atoms with Gasteiger partial charge in [0, 0.05) is 6.54 Å². The Hall–Kier alpha value is -0.430. The van der Waals surface area contributed by atoms with E-state index < -0.39 is 13.4 Å². The molecule has 0 radical (unpaired) electrons. The van der Waals surface area contributed by atoms with Crippen LogP contribution in [0.5, 0.6) is 5.75 Å². The number of phenols is 1. The molecule has 33 heavy (non-hydrogen) atoms. The van der Waals surface area contributed by atoms with E-state index in [4.69, 9.17) is 9.05 Å². The minimum Gasteiger partial charge on any atom is -1.00 e. The number of phenolic OH excluding ortho intramolecular Hbond substituents is 1.